The maximum atomic E-state index is 14.4. The lowest BCUT2D eigenvalue weighted by Crippen LogP contribution is -2.31. The Morgan fingerprint density at radius 2 is 2.07 bits per heavy atom. The second kappa shape index (κ2) is 7.27. The van der Waals surface area contributed by atoms with Crippen LogP contribution in [0.25, 0.3) is 10.9 Å². The summed E-state index contributed by atoms with van der Waals surface area (Å²) in [5, 5.41) is 16.9. The minimum atomic E-state index is -3.68. The normalized spacial score (nSPS) is 15.7. The number of fused-ring (bicyclic) bond motifs is 1. The molecular weight excluding hydrogens is 496 g/mol. The molecule has 0 bridgehead atoms. The third-order valence-corrected chi connectivity index (χ3v) is 8.22. The number of nitrogens with zero attached hydrogens (tertiary/aromatic N) is 1. The van der Waals surface area contributed by atoms with Gasteiger partial charge in [0.15, 0.2) is 0 Å². The average molecular weight is 515 g/mol. The van der Waals surface area contributed by atoms with E-state index in [0.717, 1.165) is 14.5 Å². The van der Waals surface area contributed by atoms with Crippen molar-refractivity contribution in [2.75, 3.05) is 11.3 Å². The van der Waals surface area contributed by atoms with Crippen molar-refractivity contribution in [2.45, 2.75) is 30.4 Å². The Morgan fingerprint density at radius 3 is 2.75 bits per heavy atom. The molecule has 3 aromatic rings. The first kappa shape index (κ1) is 19.6. The van der Waals surface area contributed by atoms with Crippen LogP contribution in [0.2, 0.25) is 0 Å². The van der Waals surface area contributed by atoms with Crippen LogP contribution in [0.5, 0.6) is 0 Å². The Morgan fingerprint density at radius 1 is 1.29 bits per heavy atom. The highest BCUT2D eigenvalue weighted by molar-refractivity contribution is 14.1. The number of benzene rings is 2. The molecule has 4 rings (SSSR count). The number of aliphatic hydroxyl groups is 1. The molecule has 0 amide bonds. The minimum Gasteiger partial charge on any atom is -0.396 e. The van der Waals surface area contributed by atoms with Gasteiger partial charge in [0.25, 0.3) is 0 Å². The molecule has 0 unspecified atom stereocenters. The summed E-state index contributed by atoms with van der Waals surface area (Å²) in [6.45, 7) is -0.178. The van der Waals surface area contributed by atoms with E-state index in [2.05, 4.69) is 14.9 Å². The molecule has 1 aliphatic rings. The molecule has 0 aliphatic heterocycles. The predicted octanol–water partition coefficient (Wildman–Crippen LogP) is 3.55. The number of aromatic amines is 1. The number of hydrogen-bond acceptors (Lipinski definition) is 4. The van der Waals surface area contributed by atoms with Gasteiger partial charge in [-0.1, -0.05) is 6.07 Å². The fourth-order valence-electron chi connectivity index (χ4n) is 3.47. The maximum Gasteiger partial charge on any atom is 0.238 e. The Kier molecular flexibility index (Phi) is 5.09. The molecule has 0 atom stereocenters. The molecule has 0 spiro atoms. The quantitative estimate of drug-likeness (QED) is 0.420. The van der Waals surface area contributed by atoms with Crippen molar-refractivity contribution in [3.63, 3.8) is 0 Å². The predicted molar refractivity (Wildman–Crippen MR) is 114 cm³/mol. The van der Waals surface area contributed by atoms with Crippen molar-refractivity contribution in [2.24, 2.45) is 0 Å². The van der Waals surface area contributed by atoms with Gasteiger partial charge in [-0.15, -0.1) is 0 Å². The molecule has 3 N–H and O–H groups in total. The number of sulfonamides is 1. The van der Waals surface area contributed by atoms with Crippen molar-refractivity contribution in [1.82, 2.24) is 10.2 Å². The van der Waals surface area contributed by atoms with E-state index in [0.29, 0.717) is 29.7 Å². The Bertz CT molecular complexity index is 1140. The lowest BCUT2D eigenvalue weighted by Gasteiger charge is -2.19. The summed E-state index contributed by atoms with van der Waals surface area (Å²) in [4.78, 5) is 0. The lowest BCUT2D eigenvalue weighted by molar-refractivity contribution is 0.283. The second-order valence-electron chi connectivity index (χ2n) is 7.10. The van der Waals surface area contributed by atoms with E-state index in [-0.39, 0.29) is 25.3 Å². The summed E-state index contributed by atoms with van der Waals surface area (Å²) < 4.78 is 42.9. The summed E-state index contributed by atoms with van der Waals surface area (Å²) in [5.41, 5.74) is 2.30. The molecule has 2 aromatic carbocycles. The number of aliphatic hydroxyl groups excluding tert-OH is 1. The average Bonchev–Trinajstić information content (AvgIpc) is 3.28. The topological polar surface area (TPSA) is 95.1 Å². The van der Waals surface area contributed by atoms with E-state index in [1.807, 2.05) is 28.7 Å². The van der Waals surface area contributed by atoms with Crippen LogP contribution in [0.1, 0.15) is 30.4 Å². The molecule has 28 heavy (non-hydrogen) atoms. The highest BCUT2D eigenvalue weighted by Gasteiger charge is 2.54. The van der Waals surface area contributed by atoms with E-state index in [1.165, 1.54) is 6.07 Å². The van der Waals surface area contributed by atoms with Gasteiger partial charge in [-0.2, -0.15) is 5.10 Å². The number of rotatable bonds is 7. The van der Waals surface area contributed by atoms with Crippen LogP contribution in [-0.4, -0.2) is 35.1 Å². The van der Waals surface area contributed by atoms with Crippen LogP contribution in [0.3, 0.4) is 0 Å². The van der Waals surface area contributed by atoms with E-state index >= 15 is 0 Å². The minimum absolute atomic E-state index is 0.178. The number of halogens is 2. The van der Waals surface area contributed by atoms with Crippen LogP contribution in [0.4, 0.5) is 10.1 Å². The lowest BCUT2D eigenvalue weighted by atomic mass is 10.00. The van der Waals surface area contributed by atoms with E-state index in [1.54, 1.807) is 24.4 Å². The molecule has 1 heterocycles. The van der Waals surface area contributed by atoms with E-state index in [9.17, 15) is 17.9 Å². The standard InChI is InChI=1S/C19H19FIN3O3S/c20-16-10-13(21)2-1-12(16)9-14-15-11-22-23-17(15)3-4-18(14)24-28(26,27)19(5-6-19)7-8-25/h1-4,10-11,24-25H,5-9H2,(H,22,23). The maximum absolute atomic E-state index is 14.4. The van der Waals surface area contributed by atoms with Gasteiger partial charge in [0.1, 0.15) is 5.82 Å². The summed E-state index contributed by atoms with van der Waals surface area (Å²) >= 11 is 2.05. The number of nitrogens with one attached hydrogen (secondary N) is 2. The fourth-order valence-corrected chi connectivity index (χ4v) is 5.62. The van der Waals surface area contributed by atoms with E-state index < -0.39 is 14.8 Å². The molecule has 1 saturated carbocycles. The largest absolute Gasteiger partial charge is 0.396 e. The molecule has 6 nitrogen and oxygen atoms in total. The fraction of sp³-hybridized carbons (Fsp3) is 0.316. The van der Waals surface area contributed by atoms with Crippen LogP contribution in [0.15, 0.2) is 36.5 Å². The van der Waals surface area contributed by atoms with Gasteiger partial charge in [-0.25, -0.2) is 12.8 Å². The number of anilines is 1. The van der Waals surface area contributed by atoms with Gasteiger partial charge in [0.05, 0.1) is 22.1 Å². The first-order valence-corrected chi connectivity index (χ1v) is 11.4. The van der Waals surface area contributed by atoms with Gasteiger partial charge in [-0.3, -0.25) is 9.82 Å². The Hall–Kier alpha value is -1.72. The van der Waals surface area contributed by atoms with E-state index in [4.69, 9.17) is 0 Å². The molecule has 1 fully saturated rings. The highest BCUT2D eigenvalue weighted by atomic mass is 127. The number of aromatic nitrogens is 2. The zero-order valence-corrected chi connectivity index (χ0v) is 17.8. The zero-order chi connectivity index (χ0) is 19.9. The molecule has 9 heteroatoms. The van der Waals surface area contributed by atoms with Crippen LogP contribution < -0.4 is 4.72 Å². The zero-order valence-electron chi connectivity index (χ0n) is 14.9. The first-order valence-electron chi connectivity index (χ1n) is 8.87. The third-order valence-electron chi connectivity index (χ3n) is 5.31. The van der Waals surface area contributed by atoms with Crippen LogP contribution in [-0.2, 0) is 16.4 Å². The van der Waals surface area contributed by atoms with Gasteiger partial charge in [0.2, 0.25) is 10.0 Å². The van der Waals surface area contributed by atoms with Crippen molar-refractivity contribution < 1.29 is 17.9 Å². The summed E-state index contributed by atoms with van der Waals surface area (Å²) in [7, 11) is -3.68. The second-order valence-corrected chi connectivity index (χ2v) is 10.4. The van der Waals surface area contributed by atoms with Crippen molar-refractivity contribution in [3.05, 3.63) is 57.0 Å². The number of hydrogen-bond donors (Lipinski definition) is 3. The van der Waals surface area contributed by atoms with Gasteiger partial charge in [0, 0.05) is 22.0 Å². The Balaban J connectivity index is 1.76. The highest BCUT2D eigenvalue weighted by Crippen LogP contribution is 2.47. The molecule has 0 saturated heterocycles. The van der Waals surface area contributed by atoms with Gasteiger partial charge in [-0.05, 0) is 77.2 Å². The van der Waals surface area contributed by atoms with Crippen molar-refractivity contribution in [3.8, 4) is 0 Å². The van der Waals surface area contributed by atoms with Crippen LogP contribution >= 0.6 is 22.6 Å². The molecule has 0 radical (unpaired) electrons. The van der Waals surface area contributed by atoms with Gasteiger partial charge < -0.3 is 5.11 Å². The first-order chi connectivity index (χ1) is 13.4. The summed E-state index contributed by atoms with van der Waals surface area (Å²) in [5.74, 6) is -0.333. The third kappa shape index (κ3) is 3.50. The smallest absolute Gasteiger partial charge is 0.238 e. The van der Waals surface area contributed by atoms with Crippen molar-refractivity contribution >= 4 is 49.2 Å². The van der Waals surface area contributed by atoms with Crippen LogP contribution in [0, 0.1) is 9.39 Å². The summed E-state index contributed by atoms with van der Waals surface area (Å²) in [6.07, 6.45) is 3.10. The molecular formula is C19H19FIN3O3S. The summed E-state index contributed by atoms with van der Waals surface area (Å²) in [6, 6.07) is 8.41. The molecule has 1 aliphatic carbocycles. The SMILES string of the molecule is O=S(=O)(Nc1ccc2[nH]ncc2c1Cc1ccc(I)cc1F)C1(CCO)CC1. The van der Waals surface area contributed by atoms with Crippen molar-refractivity contribution in [1.29, 1.82) is 0 Å². The monoisotopic (exact) mass is 515 g/mol. The van der Waals surface area contributed by atoms with Gasteiger partial charge >= 0.3 is 0 Å². The molecule has 148 valence electrons. The Labute approximate surface area is 175 Å². The number of H-pyrrole nitrogens is 1. The molecule has 1 aromatic heterocycles.